The van der Waals surface area contributed by atoms with Gasteiger partial charge in [0.1, 0.15) is 5.75 Å². The van der Waals surface area contributed by atoms with Gasteiger partial charge in [0.15, 0.2) is 5.96 Å². The van der Waals surface area contributed by atoms with Crippen LogP contribution < -0.4 is 15.4 Å². The number of guanidine groups is 1. The zero-order valence-corrected chi connectivity index (χ0v) is 20.8. The number of alkyl halides is 2. The fourth-order valence-corrected chi connectivity index (χ4v) is 3.50. The maximum Gasteiger partial charge on any atom is 0.387 e. The van der Waals surface area contributed by atoms with Crippen LogP contribution in [0.15, 0.2) is 47.5 Å². The molecule has 178 valence electrons. The van der Waals surface area contributed by atoms with Crippen molar-refractivity contribution in [2.75, 3.05) is 20.1 Å². The van der Waals surface area contributed by atoms with E-state index in [0.29, 0.717) is 48.6 Å². The Morgan fingerprint density at radius 2 is 1.73 bits per heavy atom. The number of benzene rings is 2. The van der Waals surface area contributed by atoms with Crippen molar-refractivity contribution in [1.82, 2.24) is 15.5 Å². The first kappa shape index (κ1) is 26.5. The number of hydrogen-bond acceptors (Lipinski definition) is 4. The normalized spacial score (nSPS) is 13.1. The number of nitrogens with zero attached hydrogens (tertiary/aromatic N) is 2. The molecule has 1 aliphatic heterocycles. The summed E-state index contributed by atoms with van der Waals surface area (Å²) < 4.78 is 29.8. The number of aryl methyl sites for hydroxylation is 1. The summed E-state index contributed by atoms with van der Waals surface area (Å²) in [5, 5.41) is 6.22. The molecule has 0 bridgehead atoms. The predicted octanol–water partition coefficient (Wildman–Crippen LogP) is 3.96. The van der Waals surface area contributed by atoms with E-state index in [0.717, 1.165) is 5.56 Å². The summed E-state index contributed by atoms with van der Waals surface area (Å²) in [7, 11) is 1.61. The van der Waals surface area contributed by atoms with Crippen LogP contribution >= 0.6 is 24.0 Å². The van der Waals surface area contributed by atoms with Crippen molar-refractivity contribution < 1.29 is 23.1 Å². The van der Waals surface area contributed by atoms with Crippen molar-refractivity contribution >= 4 is 41.8 Å². The number of carbonyl (C=O) groups is 2. The zero-order chi connectivity index (χ0) is 23.1. The summed E-state index contributed by atoms with van der Waals surface area (Å²) in [6, 6.07) is 11.8. The maximum atomic E-state index is 12.6. The fraction of sp³-hybridized carbons (Fsp3) is 0.348. The van der Waals surface area contributed by atoms with E-state index in [1.165, 1.54) is 11.0 Å². The second-order valence-corrected chi connectivity index (χ2v) is 7.36. The second kappa shape index (κ2) is 12.5. The average molecular weight is 572 g/mol. The SMILES string of the molecule is CN=C(NCCCCN1C(=O)c2ccccc2C1=O)NCc1cc(C)ccc1OC(F)F.I. The fourth-order valence-electron chi connectivity index (χ4n) is 3.50. The predicted molar refractivity (Wildman–Crippen MR) is 132 cm³/mol. The molecule has 0 saturated heterocycles. The van der Waals surface area contributed by atoms with Crippen LogP contribution in [0.1, 0.15) is 44.7 Å². The summed E-state index contributed by atoms with van der Waals surface area (Å²) in [6.45, 7) is 0.153. The van der Waals surface area contributed by atoms with E-state index in [4.69, 9.17) is 0 Å². The number of imide groups is 1. The lowest BCUT2D eigenvalue weighted by molar-refractivity contribution is -0.0504. The van der Waals surface area contributed by atoms with Crippen LogP contribution in [0, 0.1) is 6.92 Å². The van der Waals surface area contributed by atoms with E-state index < -0.39 is 6.61 Å². The summed E-state index contributed by atoms with van der Waals surface area (Å²) in [4.78, 5) is 30.1. The van der Waals surface area contributed by atoms with Gasteiger partial charge in [0.25, 0.3) is 11.8 Å². The van der Waals surface area contributed by atoms with Gasteiger partial charge < -0.3 is 15.4 Å². The largest absolute Gasteiger partial charge is 0.434 e. The number of amides is 2. The highest BCUT2D eigenvalue weighted by atomic mass is 127. The van der Waals surface area contributed by atoms with Gasteiger partial charge >= 0.3 is 6.61 Å². The van der Waals surface area contributed by atoms with Gasteiger partial charge in [0.05, 0.1) is 11.1 Å². The molecule has 0 unspecified atom stereocenters. The standard InChI is InChI=1S/C23H26F2N4O3.HI/c1-15-9-10-19(32-22(24)25)16(13-15)14-28-23(26-2)27-11-5-6-12-29-20(30)17-7-3-4-8-18(17)21(29)31;/h3-4,7-10,13,22H,5-6,11-12,14H2,1-2H3,(H2,26,27,28);1H. The van der Waals surface area contributed by atoms with Gasteiger partial charge in [-0.05, 0) is 38.0 Å². The van der Waals surface area contributed by atoms with E-state index >= 15 is 0 Å². The molecular weight excluding hydrogens is 545 g/mol. The van der Waals surface area contributed by atoms with Gasteiger partial charge in [0.2, 0.25) is 0 Å². The van der Waals surface area contributed by atoms with Gasteiger partial charge in [-0.1, -0.05) is 29.8 Å². The van der Waals surface area contributed by atoms with E-state index in [9.17, 15) is 18.4 Å². The molecule has 7 nitrogen and oxygen atoms in total. The van der Waals surface area contributed by atoms with Crippen LogP contribution in [0.4, 0.5) is 8.78 Å². The Morgan fingerprint density at radius 1 is 1.06 bits per heavy atom. The Hall–Kier alpha value is -2.76. The zero-order valence-electron chi connectivity index (χ0n) is 18.4. The quantitative estimate of drug-likeness (QED) is 0.156. The molecule has 10 heteroatoms. The number of ether oxygens (including phenoxy) is 1. The van der Waals surface area contributed by atoms with Crippen LogP contribution in [-0.2, 0) is 6.54 Å². The molecule has 2 aromatic rings. The van der Waals surface area contributed by atoms with Crippen molar-refractivity contribution in [3.05, 3.63) is 64.7 Å². The topological polar surface area (TPSA) is 83.0 Å². The molecule has 0 spiro atoms. The number of rotatable bonds is 9. The van der Waals surface area contributed by atoms with Crippen molar-refractivity contribution in [3.63, 3.8) is 0 Å². The molecule has 0 radical (unpaired) electrons. The Morgan fingerprint density at radius 3 is 2.33 bits per heavy atom. The Bertz CT molecular complexity index is 982. The van der Waals surface area contributed by atoms with Crippen molar-refractivity contribution in [1.29, 1.82) is 0 Å². The van der Waals surface area contributed by atoms with Crippen molar-refractivity contribution in [2.45, 2.75) is 32.9 Å². The minimum absolute atomic E-state index is 0. The summed E-state index contributed by atoms with van der Waals surface area (Å²) in [6.07, 6.45) is 1.35. The van der Waals surface area contributed by atoms with Crippen LogP contribution in [0.3, 0.4) is 0 Å². The first-order chi connectivity index (χ1) is 15.4. The van der Waals surface area contributed by atoms with Crippen LogP contribution in [0.25, 0.3) is 0 Å². The third-order valence-electron chi connectivity index (χ3n) is 5.08. The lowest BCUT2D eigenvalue weighted by Crippen LogP contribution is -2.37. The lowest BCUT2D eigenvalue weighted by atomic mass is 10.1. The highest BCUT2D eigenvalue weighted by Crippen LogP contribution is 2.23. The molecule has 0 fully saturated rings. The third-order valence-corrected chi connectivity index (χ3v) is 5.08. The molecule has 3 rings (SSSR count). The number of carbonyl (C=O) groups excluding carboxylic acids is 2. The van der Waals surface area contributed by atoms with E-state index in [1.807, 2.05) is 6.92 Å². The number of unbranched alkanes of at least 4 members (excludes halogenated alkanes) is 1. The molecule has 0 atom stereocenters. The molecule has 2 amide bonds. The summed E-state index contributed by atoms with van der Waals surface area (Å²) in [5.41, 5.74) is 2.43. The minimum atomic E-state index is -2.89. The molecule has 33 heavy (non-hydrogen) atoms. The van der Waals surface area contributed by atoms with Gasteiger partial charge in [-0.3, -0.25) is 19.5 Å². The molecule has 2 aromatic carbocycles. The minimum Gasteiger partial charge on any atom is -0.434 e. The first-order valence-corrected chi connectivity index (χ1v) is 10.3. The van der Waals surface area contributed by atoms with Crippen LogP contribution in [-0.4, -0.2) is 49.4 Å². The van der Waals surface area contributed by atoms with E-state index in [2.05, 4.69) is 20.4 Å². The smallest absolute Gasteiger partial charge is 0.387 e. The van der Waals surface area contributed by atoms with Gasteiger partial charge in [-0.25, -0.2) is 0 Å². The highest BCUT2D eigenvalue weighted by Gasteiger charge is 2.34. The molecule has 0 aromatic heterocycles. The van der Waals surface area contributed by atoms with Crippen molar-refractivity contribution in [2.24, 2.45) is 4.99 Å². The summed E-state index contributed by atoms with van der Waals surface area (Å²) >= 11 is 0. The molecule has 2 N–H and O–H groups in total. The molecule has 1 aliphatic rings. The number of nitrogens with one attached hydrogen (secondary N) is 2. The van der Waals surface area contributed by atoms with Gasteiger partial charge in [0, 0.05) is 32.2 Å². The molecule has 1 heterocycles. The second-order valence-electron chi connectivity index (χ2n) is 7.36. The monoisotopic (exact) mass is 572 g/mol. The maximum absolute atomic E-state index is 12.6. The van der Waals surface area contributed by atoms with Gasteiger partial charge in [-0.15, -0.1) is 24.0 Å². The van der Waals surface area contributed by atoms with Crippen LogP contribution in [0.2, 0.25) is 0 Å². The Kier molecular flexibility index (Phi) is 10.0. The molecular formula is C23H27F2IN4O3. The lowest BCUT2D eigenvalue weighted by Gasteiger charge is -2.16. The number of aliphatic imine (C=N–C) groups is 1. The number of fused-ring (bicyclic) bond motifs is 1. The van der Waals surface area contributed by atoms with Crippen molar-refractivity contribution in [3.8, 4) is 5.75 Å². The molecule has 0 saturated carbocycles. The average Bonchev–Trinajstić information content (AvgIpc) is 3.02. The Labute approximate surface area is 208 Å². The van der Waals surface area contributed by atoms with E-state index in [-0.39, 0.29) is 48.1 Å². The Balaban J connectivity index is 0.00000385. The van der Waals surface area contributed by atoms with Crippen LogP contribution in [0.5, 0.6) is 5.75 Å². The molecule has 0 aliphatic carbocycles. The number of halogens is 3. The first-order valence-electron chi connectivity index (χ1n) is 10.3. The third kappa shape index (κ3) is 6.86. The summed E-state index contributed by atoms with van der Waals surface area (Å²) in [5.74, 6) is 0.122. The number of hydrogen-bond donors (Lipinski definition) is 2. The van der Waals surface area contributed by atoms with E-state index in [1.54, 1.807) is 43.4 Å². The van der Waals surface area contributed by atoms with Gasteiger partial charge in [-0.2, -0.15) is 8.78 Å². The highest BCUT2D eigenvalue weighted by molar-refractivity contribution is 14.0.